The number of piperazine rings is 2. The number of aromatic nitrogens is 2. The van der Waals surface area contributed by atoms with Crippen molar-refractivity contribution in [3.05, 3.63) is 30.3 Å². The zero-order valence-electron chi connectivity index (χ0n) is 13.0. The summed E-state index contributed by atoms with van der Waals surface area (Å²) in [6.45, 7) is 3.32. The Morgan fingerprint density at radius 2 is 1.92 bits per heavy atom. The number of anilines is 1. The van der Waals surface area contributed by atoms with Crippen molar-refractivity contribution in [1.82, 2.24) is 20.0 Å². The Morgan fingerprint density at radius 1 is 1.12 bits per heavy atom. The Morgan fingerprint density at radius 3 is 2.71 bits per heavy atom. The topological polar surface area (TPSA) is 76.4 Å². The molecule has 2 aromatic rings. The number of hydrogen-bond acceptors (Lipinski definition) is 7. The number of carbonyl (C=O) groups excluding carboxylic acids is 1. The Balaban J connectivity index is 1.56. The van der Waals surface area contributed by atoms with E-state index in [9.17, 15) is 4.79 Å². The minimum atomic E-state index is -0.267. The van der Waals surface area contributed by atoms with Crippen LogP contribution in [-0.2, 0) is 4.79 Å². The van der Waals surface area contributed by atoms with Gasteiger partial charge in [-0.15, -0.1) is 10.2 Å². The molecule has 1 atom stereocenters. The Labute approximate surface area is 143 Å². The molecule has 0 saturated carbocycles. The van der Waals surface area contributed by atoms with E-state index < -0.39 is 0 Å². The normalized spacial score (nSPS) is 21.5. The fourth-order valence-electron chi connectivity index (χ4n) is 3.14. The van der Waals surface area contributed by atoms with Gasteiger partial charge in [0, 0.05) is 31.7 Å². The standard InChI is InChI=1S/C16H16N6OS/c17-11-20-6-7-21-8-9-22(15(23)13(21)10-20)16-19-18-14(24-16)12-4-2-1-3-5-12/h1-5,13H,6-10H2/t13-/m1/s1. The van der Waals surface area contributed by atoms with Crippen molar-refractivity contribution in [2.45, 2.75) is 6.04 Å². The van der Waals surface area contributed by atoms with E-state index in [-0.39, 0.29) is 11.9 Å². The molecular formula is C16H16N6OS. The number of nitriles is 1. The highest BCUT2D eigenvalue weighted by Gasteiger charge is 2.40. The maximum absolute atomic E-state index is 12.9. The first kappa shape index (κ1) is 15.1. The summed E-state index contributed by atoms with van der Waals surface area (Å²) >= 11 is 1.43. The molecule has 1 amide bonds. The van der Waals surface area contributed by atoms with Gasteiger partial charge in [-0.1, -0.05) is 41.7 Å². The van der Waals surface area contributed by atoms with E-state index in [1.807, 2.05) is 30.3 Å². The molecule has 0 radical (unpaired) electrons. The van der Waals surface area contributed by atoms with E-state index in [0.29, 0.717) is 24.8 Å². The smallest absolute Gasteiger partial charge is 0.248 e. The first-order chi connectivity index (χ1) is 11.8. The lowest BCUT2D eigenvalue weighted by molar-refractivity contribution is -0.127. The fraction of sp³-hybridized carbons (Fsp3) is 0.375. The van der Waals surface area contributed by atoms with Gasteiger partial charge in [0.15, 0.2) is 6.19 Å². The highest BCUT2D eigenvalue weighted by atomic mass is 32.1. The molecule has 24 heavy (non-hydrogen) atoms. The summed E-state index contributed by atoms with van der Waals surface area (Å²) < 4.78 is 0. The van der Waals surface area contributed by atoms with Crippen molar-refractivity contribution in [2.75, 3.05) is 37.6 Å². The van der Waals surface area contributed by atoms with E-state index in [2.05, 4.69) is 21.3 Å². The highest BCUT2D eigenvalue weighted by molar-refractivity contribution is 7.18. The minimum absolute atomic E-state index is 0.0111. The van der Waals surface area contributed by atoms with E-state index in [1.54, 1.807) is 9.80 Å². The second-order valence-electron chi connectivity index (χ2n) is 5.84. The molecule has 122 valence electrons. The number of amides is 1. The maximum Gasteiger partial charge on any atom is 0.248 e. The summed E-state index contributed by atoms with van der Waals surface area (Å²) in [5.74, 6) is 0.0111. The van der Waals surface area contributed by atoms with Crippen molar-refractivity contribution in [3.8, 4) is 16.8 Å². The summed E-state index contributed by atoms with van der Waals surface area (Å²) in [6.07, 6.45) is 2.15. The third-order valence-electron chi connectivity index (χ3n) is 4.46. The van der Waals surface area contributed by atoms with Crippen molar-refractivity contribution < 1.29 is 4.79 Å². The Kier molecular flexibility index (Phi) is 3.88. The van der Waals surface area contributed by atoms with Gasteiger partial charge in [-0.3, -0.25) is 14.6 Å². The van der Waals surface area contributed by atoms with Gasteiger partial charge in [0.1, 0.15) is 11.0 Å². The van der Waals surface area contributed by atoms with Crippen LogP contribution < -0.4 is 4.90 Å². The largest absolute Gasteiger partial charge is 0.307 e. The van der Waals surface area contributed by atoms with Gasteiger partial charge >= 0.3 is 0 Å². The molecule has 2 aliphatic rings. The molecule has 0 N–H and O–H groups in total. The molecule has 0 aliphatic carbocycles. The summed E-state index contributed by atoms with van der Waals surface area (Å²) in [6, 6.07) is 9.57. The summed E-state index contributed by atoms with van der Waals surface area (Å²) in [7, 11) is 0. The number of rotatable bonds is 2. The molecule has 4 rings (SSSR count). The van der Waals surface area contributed by atoms with Gasteiger partial charge in [0.25, 0.3) is 0 Å². The summed E-state index contributed by atoms with van der Waals surface area (Å²) in [5, 5.41) is 19.0. The lowest BCUT2D eigenvalue weighted by atomic mass is 10.1. The fourth-order valence-corrected chi connectivity index (χ4v) is 4.03. The Hall–Kier alpha value is -2.50. The number of carbonyl (C=O) groups is 1. The van der Waals surface area contributed by atoms with Crippen LogP contribution in [0.1, 0.15) is 0 Å². The van der Waals surface area contributed by atoms with Crippen LogP contribution >= 0.6 is 11.3 Å². The van der Waals surface area contributed by atoms with Crippen molar-refractivity contribution >= 4 is 22.4 Å². The monoisotopic (exact) mass is 340 g/mol. The molecule has 0 bridgehead atoms. The second-order valence-corrected chi connectivity index (χ2v) is 6.80. The van der Waals surface area contributed by atoms with Crippen molar-refractivity contribution in [2.24, 2.45) is 0 Å². The predicted molar refractivity (Wildman–Crippen MR) is 90.2 cm³/mol. The van der Waals surface area contributed by atoms with Crippen LogP contribution in [0.15, 0.2) is 30.3 Å². The predicted octanol–water partition coefficient (Wildman–Crippen LogP) is 1.02. The van der Waals surface area contributed by atoms with Crippen LogP contribution in [0.5, 0.6) is 0 Å². The molecular weight excluding hydrogens is 324 g/mol. The molecule has 2 fully saturated rings. The van der Waals surface area contributed by atoms with Gasteiger partial charge in [-0.25, -0.2) is 0 Å². The van der Waals surface area contributed by atoms with Crippen molar-refractivity contribution in [1.29, 1.82) is 5.26 Å². The number of benzene rings is 1. The molecule has 0 unspecified atom stereocenters. The van der Waals surface area contributed by atoms with Crippen LogP contribution in [0.4, 0.5) is 5.13 Å². The molecule has 0 spiro atoms. The lowest BCUT2D eigenvalue weighted by Gasteiger charge is -2.44. The maximum atomic E-state index is 12.9. The summed E-state index contributed by atoms with van der Waals surface area (Å²) in [5.41, 5.74) is 1.00. The number of hydrogen-bond donors (Lipinski definition) is 0. The van der Waals surface area contributed by atoms with E-state index in [1.165, 1.54) is 11.3 Å². The zero-order valence-corrected chi connectivity index (χ0v) is 13.8. The van der Waals surface area contributed by atoms with Gasteiger partial charge in [-0.2, -0.15) is 5.26 Å². The third kappa shape index (κ3) is 2.62. The van der Waals surface area contributed by atoms with Crippen LogP contribution in [0, 0.1) is 11.5 Å². The van der Waals surface area contributed by atoms with E-state index in [0.717, 1.165) is 23.7 Å². The van der Waals surface area contributed by atoms with Gasteiger partial charge in [0.2, 0.25) is 11.0 Å². The minimum Gasteiger partial charge on any atom is -0.307 e. The van der Waals surface area contributed by atoms with Crippen LogP contribution in [0.25, 0.3) is 10.6 Å². The van der Waals surface area contributed by atoms with E-state index in [4.69, 9.17) is 5.26 Å². The van der Waals surface area contributed by atoms with Gasteiger partial charge < -0.3 is 4.90 Å². The van der Waals surface area contributed by atoms with Crippen molar-refractivity contribution in [3.63, 3.8) is 0 Å². The lowest BCUT2D eigenvalue weighted by Crippen LogP contribution is -2.64. The molecule has 1 aromatic heterocycles. The third-order valence-corrected chi connectivity index (χ3v) is 5.46. The van der Waals surface area contributed by atoms with Gasteiger partial charge in [-0.05, 0) is 0 Å². The average Bonchev–Trinajstić information content (AvgIpc) is 3.12. The molecule has 2 saturated heterocycles. The molecule has 1 aromatic carbocycles. The SMILES string of the molecule is N#CN1CCN2CCN(c3nnc(-c4ccccc4)s3)C(=O)[C@H]2C1. The molecule has 2 aliphatic heterocycles. The zero-order chi connectivity index (χ0) is 16.5. The highest BCUT2D eigenvalue weighted by Crippen LogP contribution is 2.30. The summed E-state index contributed by atoms with van der Waals surface area (Å²) in [4.78, 5) is 18.4. The number of nitrogens with zero attached hydrogens (tertiary/aromatic N) is 6. The Bertz CT molecular complexity index is 785. The molecule has 7 nitrogen and oxygen atoms in total. The van der Waals surface area contributed by atoms with Crippen LogP contribution in [-0.4, -0.2) is 64.7 Å². The van der Waals surface area contributed by atoms with Gasteiger partial charge in [0.05, 0.1) is 6.54 Å². The molecule has 8 heteroatoms. The quantitative estimate of drug-likeness (QED) is 0.760. The van der Waals surface area contributed by atoms with E-state index >= 15 is 0 Å². The number of fused-ring (bicyclic) bond motifs is 1. The molecule has 3 heterocycles. The van der Waals surface area contributed by atoms with Crippen LogP contribution in [0.3, 0.4) is 0 Å². The average molecular weight is 340 g/mol. The second kappa shape index (κ2) is 6.19. The first-order valence-electron chi connectivity index (χ1n) is 7.85. The van der Waals surface area contributed by atoms with Crippen LogP contribution in [0.2, 0.25) is 0 Å². The first-order valence-corrected chi connectivity index (χ1v) is 8.67.